The van der Waals surface area contributed by atoms with Gasteiger partial charge in [0.25, 0.3) is 0 Å². The fourth-order valence-corrected chi connectivity index (χ4v) is 2.62. The summed E-state index contributed by atoms with van der Waals surface area (Å²) in [6, 6.07) is 4.80. The molecule has 0 saturated carbocycles. The fraction of sp³-hybridized carbons (Fsp3) is 0.438. The number of carboxylic acid groups (broad SMARTS) is 1. The molecule has 0 amide bonds. The van der Waals surface area contributed by atoms with Crippen LogP contribution in [-0.4, -0.2) is 41.3 Å². The topological polar surface area (TPSA) is 49.8 Å². The number of carbonyl (C=O) groups is 1. The first-order valence-electron chi connectivity index (χ1n) is 7.01. The number of ether oxygens (including phenoxy) is 1. The number of carboxylic acids is 1. The van der Waals surface area contributed by atoms with E-state index in [-0.39, 0.29) is 18.0 Å². The van der Waals surface area contributed by atoms with Gasteiger partial charge >= 0.3 is 5.97 Å². The molecular weight excluding hydrogens is 273 g/mol. The van der Waals surface area contributed by atoms with E-state index in [1.807, 2.05) is 13.8 Å². The first kappa shape index (κ1) is 15.7. The van der Waals surface area contributed by atoms with Gasteiger partial charge in [-0.05, 0) is 31.6 Å². The number of nitrogens with zero attached hydrogens (tertiary/aromatic N) is 1. The molecule has 1 saturated heterocycles. The summed E-state index contributed by atoms with van der Waals surface area (Å²) in [6.45, 7) is 6.12. The van der Waals surface area contributed by atoms with Crippen LogP contribution in [0, 0.1) is 5.82 Å². The van der Waals surface area contributed by atoms with E-state index >= 15 is 0 Å². The van der Waals surface area contributed by atoms with E-state index < -0.39 is 5.97 Å². The van der Waals surface area contributed by atoms with Crippen molar-refractivity contribution in [2.75, 3.05) is 13.1 Å². The van der Waals surface area contributed by atoms with E-state index in [1.165, 1.54) is 12.1 Å². The summed E-state index contributed by atoms with van der Waals surface area (Å²) in [7, 11) is 0. The van der Waals surface area contributed by atoms with Gasteiger partial charge in [-0.25, -0.2) is 9.18 Å². The molecule has 1 aromatic rings. The summed E-state index contributed by atoms with van der Waals surface area (Å²) in [5.41, 5.74) is 1.16. The minimum Gasteiger partial charge on any atom is -0.478 e. The number of hydrogen-bond donors (Lipinski definition) is 1. The van der Waals surface area contributed by atoms with Gasteiger partial charge in [0, 0.05) is 31.3 Å². The van der Waals surface area contributed by atoms with Crippen molar-refractivity contribution in [3.8, 4) is 0 Å². The van der Waals surface area contributed by atoms with Gasteiger partial charge in [-0.1, -0.05) is 12.1 Å². The average molecular weight is 293 g/mol. The van der Waals surface area contributed by atoms with Crippen LogP contribution < -0.4 is 0 Å². The predicted octanol–water partition coefficient (Wildman–Crippen LogP) is 2.53. The summed E-state index contributed by atoms with van der Waals surface area (Å²) < 4.78 is 19.7. The Kier molecular flexibility index (Phi) is 5.09. The number of aliphatic carboxylic acids is 1. The van der Waals surface area contributed by atoms with Crippen LogP contribution in [0.2, 0.25) is 0 Å². The average Bonchev–Trinajstić information content (AvgIpc) is 2.38. The van der Waals surface area contributed by atoms with Gasteiger partial charge in [0.1, 0.15) is 5.82 Å². The molecule has 1 N–H and O–H groups in total. The van der Waals surface area contributed by atoms with Crippen LogP contribution in [0.15, 0.2) is 24.3 Å². The molecule has 1 fully saturated rings. The van der Waals surface area contributed by atoms with Gasteiger partial charge in [0.15, 0.2) is 0 Å². The Morgan fingerprint density at radius 1 is 1.43 bits per heavy atom. The highest BCUT2D eigenvalue weighted by molar-refractivity contribution is 5.85. The molecule has 2 rings (SSSR count). The number of benzene rings is 1. The molecule has 2 atom stereocenters. The van der Waals surface area contributed by atoms with Crippen LogP contribution in [0.5, 0.6) is 0 Å². The molecule has 1 aliphatic rings. The molecule has 0 aromatic heterocycles. The van der Waals surface area contributed by atoms with E-state index in [1.54, 1.807) is 12.1 Å². The molecule has 4 nitrogen and oxygen atoms in total. The van der Waals surface area contributed by atoms with Crippen LogP contribution in [0.4, 0.5) is 4.39 Å². The lowest BCUT2D eigenvalue weighted by atomic mass is 10.1. The Bertz CT molecular complexity index is 534. The third-order valence-corrected chi connectivity index (χ3v) is 3.38. The number of morpholine rings is 1. The van der Waals surface area contributed by atoms with E-state index in [2.05, 4.69) is 4.90 Å². The number of halogens is 1. The summed E-state index contributed by atoms with van der Waals surface area (Å²) in [6.07, 6.45) is 2.68. The summed E-state index contributed by atoms with van der Waals surface area (Å²) in [5, 5.41) is 8.57. The van der Waals surface area contributed by atoms with Gasteiger partial charge < -0.3 is 9.84 Å². The van der Waals surface area contributed by atoms with Gasteiger partial charge in [-0.2, -0.15) is 0 Å². The maximum absolute atomic E-state index is 14.1. The highest BCUT2D eigenvalue weighted by atomic mass is 19.1. The first-order chi connectivity index (χ1) is 9.94. The van der Waals surface area contributed by atoms with Crippen molar-refractivity contribution in [1.29, 1.82) is 0 Å². The Hall–Kier alpha value is -1.72. The van der Waals surface area contributed by atoms with Crippen molar-refractivity contribution in [2.24, 2.45) is 0 Å². The lowest BCUT2D eigenvalue weighted by molar-refractivity contribution is -0.131. The van der Waals surface area contributed by atoms with Crippen molar-refractivity contribution in [3.63, 3.8) is 0 Å². The molecule has 1 aromatic carbocycles. The lowest BCUT2D eigenvalue weighted by Gasteiger charge is -2.35. The van der Waals surface area contributed by atoms with Gasteiger partial charge in [0.2, 0.25) is 0 Å². The molecule has 5 heteroatoms. The molecule has 2 unspecified atom stereocenters. The molecule has 1 heterocycles. The van der Waals surface area contributed by atoms with Gasteiger partial charge in [-0.3, -0.25) is 4.90 Å². The first-order valence-corrected chi connectivity index (χ1v) is 7.01. The van der Waals surface area contributed by atoms with Crippen molar-refractivity contribution < 1.29 is 19.0 Å². The normalized spacial score (nSPS) is 23.6. The smallest absolute Gasteiger partial charge is 0.328 e. The molecule has 0 bridgehead atoms. The Morgan fingerprint density at radius 3 is 2.67 bits per heavy atom. The Labute approximate surface area is 123 Å². The Morgan fingerprint density at radius 2 is 2.10 bits per heavy atom. The number of hydrogen-bond acceptors (Lipinski definition) is 3. The SMILES string of the molecule is CC1CN(Cc2ccc(C=CC(=O)O)cc2F)CC(C)O1. The van der Waals surface area contributed by atoms with Crippen LogP contribution >= 0.6 is 0 Å². The van der Waals surface area contributed by atoms with E-state index in [4.69, 9.17) is 9.84 Å². The van der Waals surface area contributed by atoms with Crippen molar-refractivity contribution in [3.05, 3.63) is 41.2 Å². The predicted molar refractivity (Wildman–Crippen MR) is 78.4 cm³/mol. The molecule has 0 aliphatic carbocycles. The summed E-state index contributed by atoms with van der Waals surface area (Å²) in [5.74, 6) is -1.36. The van der Waals surface area contributed by atoms with Crippen molar-refractivity contribution in [2.45, 2.75) is 32.6 Å². The zero-order chi connectivity index (χ0) is 15.4. The van der Waals surface area contributed by atoms with Crippen LogP contribution in [0.25, 0.3) is 6.08 Å². The van der Waals surface area contributed by atoms with Crippen LogP contribution in [-0.2, 0) is 16.1 Å². The molecular formula is C16H20FNO3. The monoisotopic (exact) mass is 293 g/mol. The molecule has 0 radical (unpaired) electrons. The van der Waals surface area contributed by atoms with E-state index in [0.717, 1.165) is 19.2 Å². The maximum Gasteiger partial charge on any atom is 0.328 e. The Balaban J connectivity index is 2.05. The quantitative estimate of drug-likeness (QED) is 0.867. The standard InChI is InChI=1S/C16H20FNO3/c1-11-8-18(9-12(2)21-11)10-14-5-3-13(7-15(14)17)4-6-16(19)20/h3-7,11-12H,8-10H2,1-2H3,(H,19,20). The fourth-order valence-electron chi connectivity index (χ4n) is 2.62. The zero-order valence-electron chi connectivity index (χ0n) is 12.3. The third kappa shape index (κ3) is 4.65. The zero-order valence-corrected chi connectivity index (χ0v) is 12.3. The highest BCUT2D eigenvalue weighted by Gasteiger charge is 2.22. The molecule has 114 valence electrons. The van der Waals surface area contributed by atoms with Gasteiger partial charge in [0.05, 0.1) is 12.2 Å². The summed E-state index contributed by atoms with van der Waals surface area (Å²) in [4.78, 5) is 12.6. The molecule has 1 aliphatic heterocycles. The van der Waals surface area contributed by atoms with Gasteiger partial charge in [-0.15, -0.1) is 0 Å². The second-order valence-corrected chi connectivity index (χ2v) is 5.47. The highest BCUT2D eigenvalue weighted by Crippen LogP contribution is 2.17. The van der Waals surface area contributed by atoms with E-state index in [9.17, 15) is 9.18 Å². The largest absolute Gasteiger partial charge is 0.478 e. The van der Waals surface area contributed by atoms with Crippen molar-refractivity contribution in [1.82, 2.24) is 4.90 Å². The number of rotatable bonds is 4. The van der Waals surface area contributed by atoms with Crippen LogP contribution in [0.3, 0.4) is 0 Å². The van der Waals surface area contributed by atoms with Crippen molar-refractivity contribution >= 4 is 12.0 Å². The minimum absolute atomic E-state index is 0.148. The second-order valence-electron chi connectivity index (χ2n) is 5.47. The summed E-state index contributed by atoms with van der Waals surface area (Å²) >= 11 is 0. The second kappa shape index (κ2) is 6.83. The lowest BCUT2D eigenvalue weighted by Crippen LogP contribution is -2.44. The van der Waals surface area contributed by atoms with E-state index in [0.29, 0.717) is 17.7 Å². The third-order valence-electron chi connectivity index (χ3n) is 3.38. The molecule has 0 spiro atoms. The molecule has 21 heavy (non-hydrogen) atoms. The van der Waals surface area contributed by atoms with Crippen LogP contribution in [0.1, 0.15) is 25.0 Å². The maximum atomic E-state index is 14.1. The minimum atomic E-state index is -1.05.